The van der Waals surface area contributed by atoms with E-state index in [1.54, 1.807) is 0 Å². The van der Waals surface area contributed by atoms with Crippen LogP contribution in [0, 0.1) is 17.8 Å². The second kappa shape index (κ2) is 6.90. The third-order valence-electron chi connectivity index (χ3n) is 9.41. The molecule has 3 heterocycles. The summed E-state index contributed by atoms with van der Waals surface area (Å²) in [5.41, 5.74) is 0.0956. The van der Waals surface area contributed by atoms with Crippen LogP contribution in [0.3, 0.4) is 0 Å². The van der Waals surface area contributed by atoms with Gasteiger partial charge in [-0.15, -0.1) is 5.10 Å². The summed E-state index contributed by atoms with van der Waals surface area (Å²) in [6, 6.07) is 1.98. The number of amides is 2. The number of nitrogens with one attached hydrogen (secondary N) is 2. The Balaban J connectivity index is 0.973. The number of urea groups is 1. The summed E-state index contributed by atoms with van der Waals surface area (Å²) in [6.45, 7) is 0.852. The normalized spacial score (nSPS) is 43.4. The molecule has 0 spiro atoms. The van der Waals surface area contributed by atoms with Crippen LogP contribution in [0.4, 0.5) is 4.79 Å². The number of fused-ring (bicyclic) bond motifs is 2. The summed E-state index contributed by atoms with van der Waals surface area (Å²) in [7, 11) is 0. The van der Waals surface area contributed by atoms with Crippen molar-refractivity contribution in [3.63, 3.8) is 0 Å². The summed E-state index contributed by atoms with van der Waals surface area (Å²) in [4.78, 5) is 15.6. The molecule has 2 N–H and O–H groups in total. The number of nitrogens with zero attached hydrogens (tertiary/aromatic N) is 5. The Labute approximate surface area is 183 Å². The van der Waals surface area contributed by atoms with Gasteiger partial charge in [-0.3, -0.25) is 4.90 Å². The van der Waals surface area contributed by atoms with Crippen molar-refractivity contribution < 1.29 is 4.79 Å². The average Bonchev–Trinajstić information content (AvgIpc) is 3.40. The Morgan fingerprint density at radius 2 is 1.52 bits per heavy atom. The van der Waals surface area contributed by atoms with Crippen LogP contribution in [-0.4, -0.2) is 54.8 Å². The molecule has 8 nitrogen and oxygen atoms in total. The summed E-state index contributed by atoms with van der Waals surface area (Å²) < 4.78 is 2.04. The van der Waals surface area contributed by atoms with Gasteiger partial charge in [0.05, 0.1) is 12.6 Å². The van der Waals surface area contributed by atoms with Crippen molar-refractivity contribution >= 4 is 6.03 Å². The van der Waals surface area contributed by atoms with E-state index in [-0.39, 0.29) is 11.6 Å². The van der Waals surface area contributed by atoms with E-state index < -0.39 is 0 Å². The zero-order chi connectivity index (χ0) is 20.6. The monoisotopic (exact) mass is 425 g/mol. The van der Waals surface area contributed by atoms with Crippen LogP contribution in [0.1, 0.15) is 88.9 Å². The zero-order valence-electron chi connectivity index (χ0n) is 18.4. The molecule has 8 rings (SSSR count). The first-order valence-electron chi connectivity index (χ1n) is 12.7. The Morgan fingerprint density at radius 3 is 2.13 bits per heavy atom. The van der Waals surface area contributed by atoms with E-state index in [1.807, 2.05) is 4.68 Å². The quantitative estimate of drug-likeness (QED) is 0.757. The number of piperidine rings is 1. The number of hydrogen-bond acceptors (Lipinski definition) is 5. The molecule has 5 saturated carbocycles. The predicted octanol–water partition coefficient (Wildman–Crippen LogP) is 2.77. The van der Waals surface area contributed by atoms with Gasteiger partial charge in [-0.05, 0) is 105 Å². The molecular formula is C23H35N7O. The molecule has 6 bridgehead atoms. The van der Waals surface area contributed by atoms with Gasteiger partial charge in [-0.25, -0.2) is 9.48 Å². The number of carbonyl (C=O) groups is 1. The highest BCUT2D eigenvalue weighted by Crippen LogP contribution is 2.55. The zero-order valence-corrected chi connectivity index (χ0v) is 18.4. The van der Waals surface area contributed by atoms with Crippen molar-refractivity contribution in [2.75, 3.05) is 0 Å². The lowest BCUT2D eigenvalue weighted by atomic mass is 9.53. The lowest BCUT2D eigenvalue weighted by Crippen LogP contribution is -2.62. The maximum absolute atomic E-state index is 13.0. The smallest absolute Gasteiger partial charge is 0.315 e. The van der Waals surface area contributed by atoms with Crippen molar-refractivity contribution in [3.8, 4) is 0 Å². The fraction of sp³-hybridized carbons (Fsp3) is 0.913. The maximum atomic E-state index is 13.0. The molecule has 31 heavy (non-hydrogen) atoms. The number of rotatable bonds is 5. The Hall–Kier alpha value is -1.70. The van der Waals surface area contributed by atoms with Crippen LogP contribution >= 0.6 is 0 Å². The number of aromatic nitrogens is 4. The summed E-state index contributed by atoms with van der Waals surface area (Å²) in [5, 5.41) is 19.4. The highest BCUT2D eigenvalue weighted by atomic mass is 16.2. The molecule has 5 aliphatic carbocycles. The van der Waals surface area contributed by atoms with Crippen molar-refractivity contribution in [2.45, 2.75) is 113 Å². The molecule has 2 unspecified atom stereocenters. The number of carbonyl (C=O) groups excluding carboxylic acids is 1. The first-order chi connectivity index (χ1) is 15.1. The highest BCUT2D eigenvalue weighted by Gasteiger charge is 2.52. The lowest BCUT2D eigenvalue weighted by Gasteiger charge is -2.56. The molecule has 2 atom stereocenters. The number of hydrogen-bond donors (Lipinski definition) is 2. The van der Waals surface area contributed by atoms with Crippen LogP contribution in [0.25, 0.3) is 0 Å². The molecule has 2 saturated heterocycles. The summed E-state index contributed by atoms with van der Waals surface area (Å²) in [5.74, 6) is 3.60. The Bertz CT molecular complexity index is 815. The maximum Gasteiger partial charge on any atom is 0.315 e. The third-order valence-corrected chi connectivity index (χ3v) is 9.41. The topological polar surface area (TPSA) is 88.0 Å². The van der Waals surface area contributed by atoms with Crippen LogP contribution < -0.4 is 10.6 Å². The largest absolute Gasteiger partial charge is 0.335 e. The minimum absolute atomic E-state index is 0.0949. The first-order valence-corrected chi connectivity index (χ1v) is 12.7. The van der Waals surface area contributed by atoms with Gasteiger partial charge in [0, 0.05) is 23.7 Å². The Kier molecular flexibility index (Phi) is 4.19. The van der Waals surface area contributed by atoms with E-state index in [2.05, 4.69) is 31.1 Å². The standard InChI is InChI=1S/C23H35N7O/c31-22(25-23-10-14-5-15(11-23)7-16(6-14)12-23)24-17-8-19-3-4-20(9-17)29(19)13-21-26-27-28-30(21)18-1-2-18/h14-20H,1-13H2,(H2,24,25,31). The number of tetrazole rings is 1. The van der Waals surface area contributed by atoms with Gasteiger partial charge in [-0.1, -0.05) is 0 Å². The van der Waals surface area contributed by atoms with Crippen molar-refractivity contribution in [3.05, 3.63) is 5.82 Å². The molecule has 7 fully saturated rings. The summed E-state index contributed by atoms with van der Waals surface area (Å²) in [6.07, 6.45) is 14.8. The van der Waals surface area contributed by atoms with E-state index in [0.717, 1.165) is 43.0 Å². The highest BCUT2D eigenvalue weighted by molar-refractivity contribution is 5.75. The minimum Gasteiger partial charge on any atom is -0.335 e. The third kappa shape index (κ3) is 3.36. The van der Waals surface area contributed by atoms with Crippen LogP contribution in [-0.2, 0) is 6.54 Å². The van der Waals surface area contributed by atoms with Gasteiger partial charge in [-0.2, -0.15) is 0 Å². The second-order valence-corrected chi connectivity index (χ2v) is 11.8. The molecular weight excluding hydrogens is 390 g/mol. The SMILES string of the molecule is O=C(NC1CC2CCC(C1)N2Cc1nnnn1C1CC1)NC12CC3CC(CC(C3)C1)C2. The minimum atomic E-state index is 0.0949. The lowest BCUT2D eigenvalue weighted by molar-refractivity contribution is -0.0139. The van der Waals surface area contributed by atoms with E-state index in [4.69, 9.17) is 0 Å². The van der Waals surface area contributed by atoms with Crippen LogP contribution in [0.2, 0.25) is 0 Å². The molecule has 168 valence electrons. The van der Waals surface area contributed by atoms with Crippen molar-refractivity contribution in [1.82, 2.24) is 35.7 Å². The summed E-state index contributed by atoms with van der Waals surface area (Å²) >= 11 is 0. The molecule has 7 aliphatic rings. The molecule has 1 aromatic heterocycles. The van der Waals surface area contributed by atoms with Gasteiger partial charge >= 0.3 is 6.03 Å². The first kappa shape index (κ1) is 18.8. The van der Waals surface area contributed by atoms with E-state index in [0.29, 0.717) is 24.2 Å². The van der Waals surface area contributed by atoms with Crippen LogP contribution in [0.5, 0.6) is 0 Å². The van der Waals surface area contributed by atoms with E-state index in [1.165, 1.54) is 64.2 Å². The van der Waals surface area contributed by atoms with E-state index in [9.17, 15) is 4.79 Å². The molecule has 2 aliphatic heterocycles. The van der Waals surface area contributed by atoms with Crippen molar-refractivity contribution in [1.29, 1.82) is 0 Å². The van der Waals surface area contributed by atoms with Crippen LogP contribution in [0.15, 0.2) is 0 Å². The predicted molar refractivity (Wildman–Crippen MR) is 114 cm³/mol. The second-order valence-electron chi connectivity index (χ2n) is 11.8. The molecule has 0 radical (unpaired) electrons. The van der Waals surface area contributed by atoms with Gasteiger partial charge in [0.15, 0.2) is 5.82 Å². The average molecular weight is 426 g/mol. The molecule has 0 aromatic carbocycles. The Morgan fingerprint density at radius 1 is 0.903 bits per heavy atom. The molecule has 8 heteroatoms. The fourth-order valence-corrected chi connectivity index (χ4v) is 8.46. The molecule has 1 aromatic rings. The van der Waals surface area contributed by atoms with Gasteiger partial charge < -0.3 is 10.6 Å². The van der Waals surface area contributed by atoms with E-state index >= 15 is 0 Å². The van der Waals surface area contributed by atoms with Gasteiger partial charge in [0.2, 0.25) is 0 Å². The van der Waals surface area contributed by atoms with Gasteiger partial charge in [0.1, 0.15) is 0 Å². The van der Waals surface area contributed by atoms with Gasteiger partial charge in [0.25, 0.3) is 0 Å². The molecule has 2 amide bonds. The fourth-order valence-electron chi connectivity index (χ4n) is 8.46. The van der Waals surface area contributed by atoms with Crippen molar-refractivity contribution in [2.24, 2.45) is 17.8 Å².